The van der Waals surface area contributed by atoms with Crippen LogP contribution in [-0.4, -0.2) is 17.2 Å². The summed E-state index contributed by atoms with van der Waals surface area (Å²) in [7, 11) is 0. The molecule has 8 atom stereocenters. The minimum absolute atomic E-state index is 0.113. The number of nitrogens with zero attached hydrogens (tertiary/aromatic N) is 1. The topological polar surface area (TPSA) is 78.7 Å². The van der Waals surface area contributed by atoms with Crippen molar-refractivity contribution in [3.63, 3.8) is 0 Å². The van der Waals surface area contributed by atoms with E-state index in [9.17, 15) is 14.9 Å². The fraction of sp³-hybridized carbons (Fsp3) is 0.735. The number of nitro benzene ring substituents is 1. The van der Waals surface area contributed by atoms with Crippen molar-refractivity contribution in [1.82, 2.24) is 0 Å². The van der Waals surface area contributed by atoms with Crippen molar-refractivity contribution in [2.24, 2.45) is 46.3 Å². The Balaban J connectivity index is 1.21. The van der Waals surface area contributed by atoms with E-state index in [1.54, 1.807) is 0 Å². The number of allylic oxidation sites excluding steroid dienone is 1. The lowest BCUT2D eigenvalue weighted by Gasteiger charge is -2.58. The summed E-state index contributed by atoms with van der Waals surface area (Å²) in [6.45, 7) is 12.4. The van der Waals surface area contributed by atoms with Gasteiger partial charge in [-0.1, -0.05) is 71.6 Å². The van der Waals surface area contributed by atoms with Crippen LogP contribution in [0.2, 0.25) is 0 Å². The molecule has 1 aromatic carbocycles. The molecule has 0 spiro atoms. The Bertz CT molecular complexity index is 1130. The minimum atomic E-state index is -0.781. The molecule has 220 valence electrons. The van der Waals surface area contributed by atoms with E-state index in [0.29, 0.717) is 5.41 Å². The molecular weight excluding hydrogens is 502 g/mol. The summed E-state index contributed by atoms with van der Waals surface area (Å²) in [6.07, 6.45) is 14.9. The van der Waals surface area contributed by atoms with Gasteiger partial charge in [0.25, 0.3) is 5.69 Å². The first-order valence-electron chi connectivity index (χ1n) is 15.8. The van der Waals surface area contributed by atoms with Crippen molar-refractivity contribution in [3.05, 3.63) is 46.0 Å². The van der Waals surface area contributed by atoms with Crippen LogP contribution in [0.25, 0.3) is 0 Å². The van der Waals surface area contributed by atoms with Crippen LogP contribution in [0.3, 0.4) is 0 Å². The van der Waals surface area contributed by atoms with E-state index in [-0.39, 0.29) is 23.0 Å². The molecule has 5 rings (SSSR count). The summed E-state index contributed by atoms with van der Waals surface area (Å²) in [5.41, 5.74) is 2.03. The van der Waals surface area contributed by atoms with Crippen molar-refractivity contribution in [3.8, 4) is 5.75 Å². The Morgan fingerprint density at radius 2 is 1.88 bits per heavy atom. The molecule has 4 aliphatic rings. The average Bonchev–Trinajstić information content (AvgIpc) is 3.26. The van der Waals surface area contributed by atoms with Crippen LogP contribution in [0.5, 0.6) is 5.75 Å². The molecule has 3 saturated carbocycles. The monoisotopic (exact) mass is 551 g/mol. The zero-order chi connectivity index (χ0) is 28.7. The predicted molar refractivity (Wildman–Crippen MR) is 157 cm³/mol. The van der Waals surface area contributed by atoms with E-state index in [2.05, 4.69) is 40.7 Å². The highest BCUT2D eigenvalue weighted by Gasteiger charge is 2.59. The van der Waals surface area contributed by atoms with Crippen LogP contribution in [0, 0.1) is 56.5 Å². The van der Waals surface area contributed by atoms with Gasteiger partial charge in [0, 0.05) is 12.5 Å². The molecule has 6 nitrogen and oxygen atoms in total. The molecule has 0 amide bonds. The van der Waals surface area contributed by atoms with Crippen molar-refractivity contribution in [1.29, 1.82) is 0 Å². The highest BCUT2D eigenvalue weighted by Crippen LogP contribution is 2.67. The zero-order valence-electron chi connectivity index (χ0n) is 25.2. The Labute approximate surface area is 240 Å². The summed E-state index contributed by atoms with van der Waals surface area (Å²) in [4.78, 5) is 23.1. The SMILES string of the molecule is CC(C)CCC[C@H](C)[C@@H]1CC[C@H]2[C@H]3CC=C4C[C@@H](OC(=O)Oc5cccc([N+](=O)[O-])c5)CC[C@]4(C)[C@@H]3CC[C@@]21C. The van der Waals surface area contributed by atoms with E-state index in [0.717, 1.165) is 61.2 Å². The normalized spacial score (nSPS) is 35.6. The van der Waals surface area contributed by atoms with Crippen molar-refractivity contribution >= 4 is 11.8 Å². The van der Waals surface area contributed by atoms with Crippen LogP contribution in [0.1, 0.15) is 105 Å². The van der Waals surface area contributed by atoms with Gasteiger partial charge in [-0.25, -0.2) is 4.79 Å². The second kappa shape index (κ2) is 11.5. The second-order valence-electron chi connectivity index (χ2n) is 14.4. The van der Waals surface area contributed by atoms with Crippen molar-refractivity contribution < 1.29 is 19.2 Å². The molecule has 6 heteroatoms. The van der Waals surface area contributed by atoms with E-state index < -0.39 is 11.1 Å². The molecule has 0 aromatic heterocycles. The number of carbonyl (C=O) groups is 1. The lowest BCUT2D eigenvalue weighted by molar-refractivity contribution is -0.384. The molecule has 0 bridgehead atoms. The first kappa shape index (κ1) is 29.1. The molecule has 40 heavy (non-hydrogen) atoms. The third-order valence-electron chi connectivity index (χ3n) is 11.8. The smallest absolute Gasteiger partial charge is 0.430 e. The number of rotatable bonds is 8. The molecule has 4 aliphatic carbocycles. The highest BCUT2D eigenvalue weighted by atomic mass is 16.7. The lowest BCUT2D eigenvalue weighted by Crippen LogP contribution is -2.51. The van der Waals surface area contributed by atoms with Crippen LogP contribution < -0.4 is 4.74 Å². The zero-order valence-corrected chi connectivity index (χ0v) is 25.2. The van der Waals surface area contributed by atoms with Gasteiger partial charge < -0.3 is 9.47 Å². The van der Waals surface area contributed by atoms with Gasteiger partial charge in [-0.05, 0) is 97.3 Å². The summed E-state index contributed by atoms with van der Waals surface area (Å²) in [5.74, 6) is 4.95. The maximum atomic E-state index is 12.5. The van der Waals surface area contributed by atoms with Crippen LogP contribution in [0.4, 0.5) is 10.5 Å². The average molecular weight is 552 g/mol. The molecule has 0 aliphatic heterocycles. The minimum Gasteiger partial charge on any atom is -0.430 e. The first-order valence-corrected chi connectivity index (χ1v) is 15.8. The van der Waals surface area contributed by atoms with Gasteiger partial charge in [-0.15, -0.1) is 0 Å². The van der Waals surface area contributed by atoms with E-state index in [4.69, 9.17) is 9.47 Å². The number of ether oxygens (including phenoxy) is 2. The predicted octanol–water partition coefficient (Wildman–Crippen LogP) is 9.52. The number of non-ortho nitro benzene ring substituents is 1. The fourth-order valence-electron chi connectivity index (χ4n) is 9.67. The molecule has 0 radical (unpaired) electrons. The Hall–Kier alpha value is -2.37. The number of hydrogen-bond donors (Lipinski definition) is 0. The van der Waals surface area contributed by atoms with Crippen molar-refractivity contribution in [2.75, 3.05) is 0 Å². The maximum Gasteiger partial charge on any atom is 0.514 e. The van der Waals surface area contributed by atoms with Crippen LogP contribution >= 0.6 is 0 Å². The molecule has 0 N–H and O–H groups in total. The third-order valence-corrected chi connectivity index (χ3v) is 11.8. The van der Waals surface area contributed by atoms with Gasteiger partial charge in [-0.3, -0.25) is 10.1 Å². The standard InChI is InChI=1S/C34H49NO5/c1-22(2)8-6-9-23(3)29-14-15-30-28-13-12-24-20-27(16-18-33(24,4)31(28)17-19-34(29,30)5)40-32(36)39-26-11-7-10-25(21-26)35(37)38/h7,10-12,21-23,27-31H,6,8-9,13-20H2,1-5H3/t23-,27-,28+,29-,30-,31+,33-,34+/m0/s1. The number of hydrogen-bond acceptors (Lipinski definition) is 5. The van der Waals surface area contributed by atoms with E-state index in [1.165, 1.54) is 74.8 Å². The van der Waals surface area contributed by atoms with Crippen molar-refractivity contribution in [2.45, 2.75) is 111 Å². The number of fused-ring (bicyclic) bond motifs is 5. The highest BCUT2D eigenvalue weighted by molar-refractivity contribution is 5.64. The maximum absolute atomic E-state index is 12.5. The quantitative estimate of drug-likeness (QED) is 0.106. The molecule has 1 aromatic rings. The lowest BCUT2D eigenvalue weighted by atomic mass is 9.47. The molecular formula is C34H49NO5. The molecule has 0 saturated heterocycles. The summed E-state index contributed by atoms with van der Waals surface area (Å²) < 4.78 is 11.0. The van der Waals surface area contributed by atoms with Crippen LogP contribution in [0.15, 0.2) is 35.9 Å². The summed E-state index contributed by atoms with van der Waals surface area (Å²) in [5, 5.41) is 11.0. The Morgan fingerprint density at radius 3 is 2.62 bits per heavy atom. The van der Waals surface area contributed by atoms with E-state index in [1.807, 2.05) is 0 Å². The molecule has 0 unspecified atom stereocenters. The van der Waals surface area contributed by atoms with Gasteiger partial charge in [0.15, 0.2) is 0 Å². The summed E-state index contributed by atoms with van der Waals surface area (Å²) >= 11 is 0. The Morgan fingerprint density at radius 1 is 1.07 bits per heavy atom. The number of carbonyl (C=O) groups excluding carboxylic acids is 1. The number of benzene rings is 1. The first-order chi connectivity index (χ1) is 19.0. The molecule has 0 heterocycles. The van der Waals surface area contributed by atoms with Gasteiger partial charge in [0.2, 0.25) is 0 Å². The van der Waals surface area contributed by atoms with Gasteiger partial charge in [0.05, 0.1) is 11.0 Å². The summed E-state index contributed by atoms with van der Waals surface area (Å²) in [6, 6.07) is 5.66. The van der Waals surface area contributed by atoms with Gasteiger partial charge in [0.1, 0.15) is 11.9 Å². The second-order valence-corrected chi connectivity index (χ2v) is 14.4. The number of nitro groups is 1. The van der Waals surface area contributed by atoms with Crippen LogP contribution in [-0.2, 0) is 4.74 Å². The fourth-order valence-corrected chi connectivity index (χ4v) is 9.67. The van der Waals surface area contributed by atoms with Gasteiger partial charge in [-0.2, -0.15) is 0 Å². The Kier molecular flexibility index (Phi) is 8.37. The largest absolute Gasteiger partial charge is 0.514 e. The van der Waals surface area contributed by atoms with Gasteiger partial charge >= 0.3 is 6.16 Å². The third kappa shape index (κ3) is 5.56. The van der Waals surface area contributed by atoms with E-state index >= 15 is 0 Å². The molecule has 3 fully saturated rings.